The van der Waals surface area contributed by atoms with Crippen LogP contribution in [0.1, 0.15) is 31.1 Å². The quantitative estimate of drug-likeness (QED) is 0.750. The highest BCUT2D eigenvalue weighted by Crippen LogP contribution is 2.34. The average Bonchev–Trinajstić information content (AvgIpc) is 3.14. The highest BCUT2D eigenvalue weighted by Gasteiger charge is 2.44. The van der Waals surface area contributed by atoms with E-state index >= 15 is 0 Å². The highest BCUT2D eigenvalue weighted by atomic mass is 32.2. The molecule has 7 heteroatoms. The maximum absolute atomic E-state index is 12.8. The number of esters is 1. The lowest BCUT2D eigenvalue weighted by Gasteiger charge is -2.26. The molecule has 0 aromatic carbocycles. The number of rotatable bonds is 6. The minimum atomic E-state index is -3.49. The third kappa shape index (κ3) is 3.46. The van der Waals surface area contributed by atoms with Gasteiger partial charge in [0.25, 0.3) is 0 Å². The van der Waals surface area contributed by atoms with Crippen molar-refractivity contribution in [2.75, 3.05) is 13.7 Å². The average molecular weight is 331 g/mol. The van der Waals surface area contributed by atoms with Crippen molar-refractivity contribution in [3.05, 3.63) is 22.4 Å². The zero-order chi connectivity index (χ0) is 15.5. The molecule has 2 atom stereocenters. The van der Waals surface area contributed by atoms with Crippen LogP contribution in [0.25, 0.3) is 0 Å². The molecule has 0 aliphatic heterocycles. The summed E-state index contributed by atoms with van der Waals surface area (Å²) in [4.78, 5) is 12.8. The molecule has 0 radical (unpaired) electrons. The molecule has 1 aromatic rings. The highest BCUT2D eigenvalue weighted by molar-refractivity contribution is 7.89. The summed E-state index contributed by atoms with van der Waals surface area (Å²) in [6.45, 7) is 2.61. The van der Waals surface area contributed by atoms with Crippen LogP contribution in [0.5, 0.6) is 0 Å². The van der Waals surface area contributed by atoms with Crippen molar-refractivity contribution < 1.29 is 17.9 Å². The van der Waals surface area contributed by atoms with Gasteiger partial charge in [0.05, 0.1) is 18.3 Å². The predicted octanol–water partition coefficient (Wildman–Crippen LogP) is 2.24. The van der Waals surface area contributed by atoms with Gasteiger partial charge in [-0.1, -0.05) is 19.4 Å². The molecule has 1 aliphatic rings. The standard InChI is InChI=1S/C14H21NO4S2/c1-3-15(10-11-6-5-9-20-11)21(17,18)13-8-4-7-12(13)14(16)19-2/h5-6,9,12-13H,3-4,7-8,10H2,1-2H3. The van der Waals surface area contributed by atoms with Crippen LogP contribution in [-0.4, -0.2) is 37.6 Å². The Bertz CT molecular complexity index is 568. The Morgan fingerprint density at radius 2 is 2.24 bits per heavy atom. The molecule has 2 unspecified atom stereocenters. The lowest BCUT2D eigenvalue weighted by Crippen LogP contribution is -2.42. The molecule has 1 saturated carbocycles. The molecular weight excluding hydrogens is 310 g/mol. The normalized spacial score (nSPS) is 22.6. The van der Waals surface area contributed by atoms with Crippen LogP contribution in [0.4, 0.5) is 0 Å². The lowest BCUT2D eigenvalue weighted by atomic mass is 10.1. The summed E-state index contributed by atoms with van der Waals surface area (Å²) in [6.07, 6.45) is 1.87. The second-order valence-electron chi connectivity index (χ2n) is 5.15. The summed E-state index contributed by atoms with van der Waals surface area (Å²) in [5.74, 6) is -0.939. The number of thiophene rings is 1. The van der Waals surface area contributed by atoms with Crippen LogP contribution in [0, 0.1) is 5.92 Å². The van der Waals surface area contributed by atoms with Gasteiger partial charge in [-0.05, 0) is 24.3 Å². The van der Waals surface area contributed by atoms with Crippen LogP contribution in [-0.2, 0) is 26.1 Å². The van der Waals surface area contributed by atoms with E-state index in [1.165, 1.54) is 22.8 Å². The summed E-state index contributed by atoms with van der Waals surface area (Å²) < 4.78 is 31.9. The third-order valence-corrected chi connectivity index (χ3v) is 7.26. The summed E-state index contributed by atoms with van der Waals surface area (Å²) in [5.41, 5.74) is 0. The van der Waals surface area contributed by atoms with Crippen LogP contribution in [0.2, 0.25) is 0 Å². The first-order chi connectivity index (χ1) is 10.0. The Morgan fingerprint density at radius 3 is 2.81 bits per heavy atom. The minimum Gasteiger partial charge on any atom is -0.469 e. The Kier molecular flexibility index (Phi) is 5.40. The van der Waals surface area contributed by atoms with Crippen molar-refractivity contribution in [1.82, 2.24) is 4.31 Å². The molecule has 1 aromatic heterocycles. The molecule has 0 bridgehead atoms. The molecule has 2 rings (SSSR count). The maximum atomic E-state index is 12.8. The maximum Gasteiger partial charge on any atom is 0.310 e. The van der Waals surface area contributed by atoms with Gasteiger partial charge in [-0.3, -0.25) is 4.79 Å². The number of sulfonamides is 1. The van der Waals surface area contributed by atoms with Gasteiger partial charge in [-0.15, -0.1) is 11.3 Å². The lowest BCUT2D eigenvalue weighted by molar-refractivity contribution is -0.145. The number of hydrogen-bond donors (Lipinski definition) is 0. The number of nitrogens with zero attached hydrogens (tertiary/aromatic N) is 1. The van der Waals surface area contributed by atoms with Crippen LogP contribution in [0.3, 0.4) is 0 Å². The van der Waals surface area contributed by atoms with Crippen molar-refractivity contribution in [1.29, 1.82) is 0 Å². The van der Waals surface area contributed by atoms with Crippen LogP contribution >= 0.6 is 11.3 Å². The molecule has 0 spiro atoms. The van der Waals surface area contributed by atoms with Gasteiger partial charge < -0.3 is 4.74 Å². The molecule has 1 aliphatic carbocycles. The third-order valence-electron chi connectivity index (χ3n) is 3.96. The molecule has 5 nitrogen and oxygen atoms in total. The Morgan fingerprint density at radius 1 is 1.48 bits per heavy atom. The van der Waals surface area contributed by atoms with E-state index in [2.05, 4.69) is 0 Å². The SMILES string of the molecule is CCN(Cc1cccs1)S(=O)(=O)C1CCCC1C(=O)OC. The second kappa shape index (κ2) is 6.89. The first kappa shape index (κ1) is 16.5. The number of hydrogen-bond acceptors (Lipinski definition) is 5. The zero-order valence-electron chi connectivity index (χ0n) is 12.3. The molecule has 1 fully saturated rings. The summed E-state index contributed by atoms with van der Waals surface area (Å²) >= 11 is 1.54. The first-order valence-corrected chi connectivity index (χ1v) is 9.48. The molecular formula is C14H21NO4S2. The monoisotopic (exact) mass is 331 g/mol. The minimum absolute atomic E-state index is 0.376. The summed E-state index contributed by atoms with van der Waals surface area (Å²) in [6, 6.07) is 3.84. The van der Waals surface area contributed by atoms with E-state index < -0.39 is 27.2 Å². The molecule has 0 N–H and O–H groups in total. The van der Waals surface area contributed by atoms with Gasteiger partial charge in [0.1, 0.15) is 0 Å². The Hall–Kier alpha value is -0.920. The fourth-order valence-corrected chi connectivity index (χ4v) is 5.84. The fraction of sp³-hybridized carbons (Fsp3) is 0.643. The number of carbonyl (C=O) groups excluding carboxylic acids is 1. The largest absolute Gasteiger partial charge is 0.469 e. The molecule has 0 amide bonds. The fourth-order valence-electron chi connectivity index (χ4n) is 2.85. The van der Waals surface area contributed by atoms with E-state index in [4.69, 9.17) is 4.74 Å². The topological polar surface area (TPSA) is 63.7 Å². The van der Waals surface area contributed by atoms with E-state index in [0.717, 1.165) is 11.3 Å². The van der Waals surface area contributed by atoms with Crippen LogP contribution < -0.4 is 0 Å². The van der Waals surface area contributed by atoms with Crippen LogP contribution in [0.15, 0.2) is 17.5 Å². The second-order valence-corrected chi connectivity index (χ2v) is 8.33. The van der Waals surface area contributed by atoms with Gasteiger partial charge in [-0.2, -0.15) is 4.31 Å². The van der Waals surface area contributed by atoms with Gasteiger partial charge in [0, 0.05) is 18.0 Å². The van der Waals surface area contributed by atoms with Gasteiger partial charge in [-0.25, -0.2) is 8.42 Å². The zero-order valence-corrected chi connectivity index (χ0v) is 14.0. The van der Waals surface area contributed by atoms with E-state index in [1.54, 1.807) is 0 Å². The van der Waals surface area contributed by atoms with Crippen molar-refractivity contribution in [3.63, 3.8) is 0 Å². The Balaban J connectivity index is 2.20. The predicted molar refractivity (Wildman–Crippen MR) is 82.5 cm³/mol. The molecule has 118 valence electrons. The van der Waals surface area contributed by atoms with E-state index in [0.29, 0.717) is 25.9 Å². The first-order valence-electron chi connectivity index (χ1n) is 7.09. The Labute approximate surface area is 130 Å². The van der Waals surface area contributed by atoms with E-state index in [1.807, 2.05) is 24.4 Å². The van der Waals surface area contributed by atoms with Gasteiger partial charge in [0.2, 0.25) is 10.0 Å². The van der Waals surface area contributed by atoms with Gasteiger partial charge in [0.15, 0.2) is 0 Å². The number of ether oxygens (including phenoxy) is 1. The van der Waals surface area contributed by atoms with Crippen molar-refractivity contribution in [2.45, 2.75) is 38.0 Å². The van der Waals surface area contributed by atoms with E-state index in [9.17, 15) is 13.2 Å². The molecule has 1 heterocycles. The summed E-state index contributed by atoms with van der Waals surface area (Å²) in [7, 11) is -2.18. The van der Waals surface area contributed by atoms with Gasteiger partial charge >= 0.3 is 5.97 Å². The van der Waals surface area contributed by atoms with Crippen molar-refractivity contribution in [2.24, 2.45) is 5.92 Å². The number of methoxy groups -OCH3 is 1. The smallest absolute Gasteiger partial charge is 0.310 e. The number of carbonyl (C=O) groups is 1. The molecule has 0 saturated heterocycles. The van der Waals surface area contributed by atoms with Crippen molar-refractivity contribution in [3.8, 4) is 0 Å². The van der Waals surface area contributed by atoms with E-state index in [-0.39, 0.29) is 0 Å². The molecule has 21 heavy (non-hydrogen) atoms. The van der Waals surface area contributed by atoms with Crippen molar-refractivity contribution >= 4 is 27.3 Å². The summed E-state index contributed by atoms with van der Waals surface area (Å²) in [5, 5.41) is 1.28.